The number of nitrogens with zero attached hydrogens (tertiary/aromatic N) is 1. The van der Waals surface area contributed by atoms with E-state index in [9.17, 15) is 4.79 Å². The molecule has 0 bridgehead atoms. The molecule has 128 valence electrons. The molecular weight excluding hydrogens is 306 g/mol. The van der Waals surface area contributed by atoms with Crippen molar-refractivity contribution >= 4 is 5.78 Å². The molecule has 1 heterocycles. The Morgan fingerprint density at radius 2 is 1.60 bits per heavy atom. The molecule has 0 amide bonds. The van der Waals surface area contributed by atoms with E-state index in [1.807, 2.05) is 0 Å². The number of ketones is 1. The summed E-state index contributed by atoms with van der Waals surface area (Å²) in [5, 5.41) is 0. The maximum atomic E-state index is 12.8. The monoisotopic (exact) mass is 331 g/mol. The van der Waals surface area contributed by atoms with Crippen LogP contribution in [0, 0.1) is 5.41 Å². The van der Waals surface area contributed by atoms with Crippen LogP contribution in [0.15, 0.2) is 71.9 Å². The van der Waals surface area contributed by atoms with Gasteiger partial charge in [-0.05, 0) is 23.0 Å². The zero-order valence-corrected chi connectivity index (χ0v) is 15.0. The standard InChI is InChI=1S/C23H25NO/c1-23(2)14-21-19(22(25)15-23)13-20(18-11-7-4-8-12-18)24(21)16-17-9-5-3-6-10-17/h3-12,20H,13-16H2,1-2H3. The van der Waals surface area contributed by atoms with Crippen LogP contribution < -0.4 is 0 Å². The molecule has 0 saturated heterocycles. The number of hydrogen-bond acceptors (Lipinski definition) is 2. The number of Topliss-reactive ketones (excluding diaryl/α,β-unsaturated/α-hetero) is 1. The third-order valence-corrected chi connectivity index (χ3v) is 5.47. The summed E-state index contributed by atoms with van der Waals surface area (Å²) in [4.78, 5) is 15.3. The molecule has 1 unspecified atom stereocenters. The fourth-order valence-electron chi connectivity index (χ4n) is 4.28. The van der Waals surface area contributed by atoms with Crippen LogP contribution in [0.2, 0.25) is 0 Å². The second kappa shape index (κ2) is 6.18. The number of hydrogen-bond donors (Lipinski definition) is 0. The molecule has 0 aromatic heterocycles. The van der Waals surface area contributed by atoms with Crippen molar-refractivity contribution < 1.29 is 4.79 Å². The molecule has 2 aromatic rings. The predicted octanol–water partition coefficient (Wildman–Crippen LogP) is 5.28. The molecule has 2 aromatic carbocycles. The molecule has 0 radical (unpaired) electrons. The van der Waals surface area contributed by atoms with E-state index in [1.165, 1.54) is 16.8 Å². The Labute approximate surface area is 150 Å². The molecule has 2 aliphatic rings. The van der Waals surface area contributed by atoms with Crippen molar-refractivity contribution in [2.75, 3.05) is 0 Å². The summed E-state index contributed by atoms with van der Waals surface area (Å²) in [6, 6.07) is 21.5. The van der Waals surface area contributed by atoms with Gasteiger partial charge in [-0.3, -0.25) is 4.79 Å². The van der Waals surface area contributed by atoms with Crippen molar-refractivity contribution in [1.82, 2.24) is 4.90 Å². The molecule has 1 aliphatic heterocycles. The molecule has 0 fully saturated rings. The Morgan fingerprint density at radius 3 is 2.28 bits per heavy atom. The van der Waals surface area contributed by atoms with E-state index < -0.39 is 0 Å². The van der Waals surface area contributed by atoms with Crippen LogP contribution in [-0.2, 0) is 11.3 Å². The van der Waals surface area contributed by atoms with Crippen LogP contribution in [0.4, 0.5) is 0 Å². The predicted molar refractivity (Wildman–Crippen MR) is 101 cm³/mol. The first-order valence-corrected chi connectivity index (χ1v) is 9.14. The number of rotatable bonds is 3. The third-order valence-electron chi connectivity index (χ3n) is 5.47. The van der Waals surface area contributed by atoms with Crippen molar-refractivity contribution in [2.24, 2.45) is 5.41 Å². The van der Waals surface area contributed by atoms with E-state index in [-0.39, 0.29) is 11.5 Å². The average Bonchev–Trinajstić information content (AvgIpc) is 2.94. The third kappa shape index (κ3) is 3.13. The summed E-state index contributed by atoms with van der Waals surface area (Å²) < 4.78 is 0. The number of carbonyl (C=O) groups excluding carboxylic acids is 1. The maximum Gasteiger partial charge on any atom is 0.161 e. The Balaban J connectivity index is 1.73. The molecular formula is C23H25NO. The van der Waals surface area contributed by atoms with Crippen molar-refractivity contribution in [3.63, 3.8) is 0 Å². The largest absolute Gasteiger partial charge is 0.363 e. The zero-order chi connectivity index (χ0) is 17.4. The fraction of sp³-hybridized carbons (Fsp3) is 0.348. The molecule has 25 heavy (non-hydrogen) atoms. The number of carbonyl (C=O) groups is 1. The van der Waals surface area contributed by atoms with Crippen molar-refractivity contribution in [3.05, 3.63) is 83.1 Å². The Bertz CT molecular complexity index is 805. The molecule has 0 N–H and O–H groups in total. The second-order valence-electron chi connectivity index (χ2n) is 8.11. The average molecular weight is 331 g/mol. The highest BCUT2D eigenvalue weighted by atomic mass is 16.1. The normalized spacial score (nSPS) is 22.2. The van der Waals surface area contributed by atoms with E-state index in [0.717, 1.165) is 25.0 Å². The lowest BCUT2D eigenvalue weighted by Gasteiger charge is -2.36. The first kappa shape index (κ1) is 16.1. The van der Waals surface area contributed by atoms with Gasteiger partial charge < -0.3 is 4.90 Å². The van der Waals surface area contributed by atoms with Crippen LogP contribution in [0.3, 0.4) is 0 Å². The van der Waals surface area contributed by atoms with Gasteiger partial charge in [-0.25, -0.2) is 0 Å². The molecule has 0 spiro atoms. The molecule has 2 nitrogen and oxygen atoms in total. The van der Waals surface area contributed by atoms with Gasteiger partial charge in [0.1, 0.15) is 0 Å². The van der Waals surface area contributed by atoms with Gasteiger partial charge in [0, 0.05) is 30.7 Å². The van der Waals surface area contributed by atoms with Crippen LogP contribution in [-0.4, -0.2) is 10.7 Å². The van der Waals surface area contributed by atoms with Crippen LogP contribution >= 0.6 is 0 Å². The second-order valence-corrected chi connectivity index (χ2v) is 8.11. The smallest absolute Gasteiger partial charge is 0.161 e. The summed E-state index contributed by atoms with van der Waals surface area (Å²) >= 11 is 0. The van der Waals surface area contributed by atoms with E-state index in [0.29, 0.717) is 12.2 Å². The maximum absolute atomic E-state index is 12.8. The highest BCUT2D eigenvalue weighted by molar-refractivity contribution is 5.98. The van der Waals surface area contributed by atoms with Gasteiger partial charge in [0.15, 0.2) is 5.78 Å². The van der Waals surface area contributed by atoms with Crippen molar-refractivity contribution in [2.45, 2.75) is 45.7 Å². The van der Waals surface area contributed by atoms with Crippen molar-refractivity contribution in [1.29, 1.82) is 0 Å². The minimum atomic E-state index is 0.0520. The first-order valence-electron chi connectivity index (χ1n) is 9.14. The molecule has 0 saturated carbocycles. The highest BCUT2D eigenvalue weighted by Crippen LogP contribution is 2.49. The van der Waals surface area contributed by atoms with Gasteiger partial charge in [0.25, 0.3) is 0 Å². The Hall–Kier alpha value is -2.35. The lowest BCUT2D eigenvalue weighted by atomic mass is 9.76. The molecule has 4 rings (SSSR count). The summed E-state index contributed by atoms with van der Waals surface area (Å²) in [5.41, 5.74) is 5.01. The van der Waals surface area contributed by atoms with Gasteiger partial charge in [0.2, 0.25) is 0 Å². The minimum Gasteiger partial charge on any atom is -0.363 e. The van der Waals surface area contributed by atoms with Crippen molar-refractivity contribution in [3.8, 4) is 0 Å². The van der Waals surface area contributed by atoms with Gasteiger partial charge in [0.05, 0.1) is 6.04 Å². The highest BCUT2D eigenvalue weighted by Gasteiger charge is 2.42. The van der Waals surface area contributed by atoms with Gasteiger partial charge >= 0.3 is 0 Å². The van der Waals surface area contributed by atoms with E-state index in [2.05, 4.69) is 79.4 Å². The quantitative estimate of drug-likeness (QED) is 0.763. The molecule has 1 atom stereocenters. The van der Waals surface area contributed by atoms with E-state index in [4.69, 9.17) is 0 Å². The minimum absolute atomic E-state index is 0.0520. The molecule has 2 heteroatoms. The topological polar surface area (TPSA) is 20.3 Å². The fourth-order valence-corrected chi connectivity index (χ4v) is 4.28. The summed E-state index contributed by atoms with van der Waals surface area (Å²) in [6.45, 7) is 5.29. The summed E-state index contributed by atoms with van der Waals surface area (Å²) in [7, 11) is 0. The van der Waals surface area contributed by atoms with E-state index >= 15 is 0 Å². The summed E-state index contributed by atoms with van der Waals surface area (Å²) in [6.07, 6.45) is 2.51. The SMILES string of the molecule is CC1(C)CC(=O)C2=C(C1)N(Cc1ccccc1)C(c1ccccc1)C2. The van der Waals surface area contributed by atoms with Crippen LogP contribution in [0.25, 0.3) is 0 Å². The lowest BCUT2D eigenvalue weighted by Crippen LogP contribution is -2.30. The number of allylic oxidation sites excluding steroid dienone is 1. The molecule has 1 aliphatic carbocycles. The van der Waals surface area contributed by atoms with Gasteiger partial charge in [-0.15, -0.1) is 0 Å². The summed E-state index contributed by atoms with van der Waals surface area (Å²) in [5.74, 6) is 0.350. The van der Waals surface area contributed by atoms with Gasteiger partial charge in [-0.2, -0.15) is 0 Å². The van der Waals surface area contributed by atoms with Crippen LogP contribution in [0.1, 0.15) is 50.3 Å². The van der Waals surface area contributed by atoms with Gasteiger partial charge in [-0.1, -0.05) is 74.5 Å². The zero-order valence-electron chi connectivity index (χ0n) is 15.0. The van der Waals surface area contributed by atoms with Crippen LogP contribution in [0.5, 0.6) is 0 Å². The Morgan fingerprint density at radius 1 is 0.960 bits per heavy atom. The first-order chi connectivity index (χ1) is 12.0. The Kier molecular flexibility index (Phi) is 3.99. The lowest BCUT2D eigenvalue weighted by molar-refractivity contribution is -0.118. The number of benzene rings is 2. The van der Waals surface area contributed by atoms with E-state index in [1.54, 1.807) is 0 Å².